The Kier molecular flexibility index (Phi) is 7.71. The Morgan fingerprint density at radius 1 is 0.377 bits per heavy atom. The van der Waals surface area contributed by atoms with E-state index in [1.165, 1.54) is 43.1 Å². The summed E-state index contributed by atoms with van der Waals surface area (Å²) in [4.78, 5) is 25.2. The normalized spacial score (nSPS) is 17.7. The average molecular weight is 684 g/mol. The molecule has 0 atom stereocenters. The molecule has 0 spiro atoms. The molecule has 53 heavy (non-hydrogen) atoms. The summed E-state index contributed by atoms with van der Waals surface area (Å²) in [5.41, 5.74) is 9.57. The minimum atomic E-state index is 0.332. The highest BCUT2D eigenvalue weighted by atomic mass is 15.0. The van der Waals surface area contributed by atoms with Gasteiger partial charge in [-0.1, -0.05) is 140 Å². The standard InChI is InChI=1S/C48H37N5/c1-3-11-35(12-4-1)44-49-42(30-43(50-44)39-16-9-17-41(29-39)48-26-24-32(31-48)25-27-48)34-19-21-37(22-20-34)46-51-45(36-13-5-2-6-14-36)52-47(53-46)40-23-18-33-10-7-8-15-38(33)28-40/h1-23,28-30,32H,24-27,31H2. The van der Waals surface area contributed by atoms with Crippen molar-refractivity contribution in [1.29, 1.82) is 0 Å². The summed E-state index contributed by atoms with van der Waals surface area (Å²) in [6.07, 6.45) is 6.65. The van der Waals surface area contributed by atoms with Crippen LogP contribution < -0.4 is 0 Å². The molecule has 0 saturated heterocycles. The van der Waals surface area contributed by atoms with Gasteiger partial charge in [0, 0.05) is 33.4 Å². The first-order chi connectivity index (χ1) is 26.2. The molecule has 0 aliphatic heterocycles. The Morgan fingerprint density at radius 3 is 1.53 bits per heavy atom. The van der Waals surface area contributed by atoms with Gasteiger partial charge in [-0.05, 0) is 78.0 Å². The SMILES string of the molecule is c1ccc(-c2nc(-c3ccc(-c4nc(-c5ccccc5)nc(-c5ccc6ccccc6c5)n4)cc3)cc(-c3cccc(C45CCC(CC4)C5)c3)n2)cc1. The average Bonchev–Trinajstić information content (AvgIpc) is 3.87. The van der Waals surface area contributed by atoms with Crippen molar-refractivity contribution in [3.8, 4) is 68.1 Å². The number of hydrogen-bond donors (Lipinski definition) is 0. The summed E-state index contributed by atoms with van der Waals surface area (Å²) >= 11 is 0. The molecule has 5 heteroatoms. The summed E-state index contributed by atoms with van der Waals surface area (Å²) < 4.78 is 0. The van der Waals surface area contributed by atoms with Gasteiger partial charge in [-0.3, -0.25) is 0 Å². The van der Waals surface area contributed by atoms with Crippen LogP contribution in [-0.2, 0) is 5.41 Å². The molecular weight excluding hydrogens is 647 g/mol. The second-order valence-corrected chi connectivity index (χ2v) is 14.6. The highest BCUT2D eigenvalue weighted by molar-refractivity contribution is 5.86. The molecule has 6 aromatic carbocycles. The van der Waals surface area contributed by atoms with Gasteiger partial charge in [0.05, 0.1) is 11.4 Å². The Balaban J connectivity index is 1.05. The zero-order valence-electron chi connectivity index (χ0n) is 29.4. The van der Waals surface area contributed by atoms with E-state index in [1.54, 1.807) is 0 Å². The molecule has 0 radical (unpaired) electrons. The van der Waals surface area contributed by atoms with Crippen LogP contribution in [0.3, 0.4) is 0 Å². The van der Waals surface area contributed by atoms with E-state index in [2.05, 4.69) is 109 Å². The first-order valence-corrected chi connectivity index (χ1v) is 18.6. The van der Waals surface area contributed by atoms with Crippen LogP contribution in [-0.4, -0.2) is 24.9 Å². The molecule has 5 nitrogen and oxygen atoms in total. The second-order valence-electron chi connectivity index (χ2n) is 14.6. The molecule has 254 valence electrons. The molecule has 2 fully saturated rings. The van der Waals surface area contributed by atoms with Crippen LogP contribution in [0.5, 0.6) is 0 Å². The number of aromatic nitrogens is 5. The van der Waals surface area contributed by atoms with Gasteiger partial charge in [0.15, 0.2) is 23.3 Å². The van der Waals surface area contributed by atoms with E-state index in [-0.39, 0.29) is 0 Å². The molecule has 2 bridgehead atoms. The van der Waals surface area contributed by atoms with Crippen LogP contribution in [0, 0.1) is 5.92 Å². The molecule has 10 rings (SSSR count). The minimum absolute atomic E-state index is 0.332. The van der Waals surface area contributed by atoms with Crippen molar-refractivity contribution in [3.05, 3.63) is 163 Å². The van der Waals surface area contributed by atoms with E-state index in [9.17, 15) is 0 Å². The van der Waals surface area contributed by atoms with Crippen molar-refractivity contribution in [2.45, 2.75) is 37.5 Å². The van der Waals surface area contributed by atoms with Gasteiger partial charge in [0.2, 0.25) is 0 Å². The lowest BCUT2D eigenvalue weighted by Crippen LogP contribution is -2.19. The van der Waals surface area contributed by atoms with Crippen molar-refractivity contribution in [3.63, 3.8) is 0 Å². The van der Waals surface area contributed by atoms with Crippen molar-refractivity contribution in [1.82, 2.24) is 24.9 Å². The lowest BCUT2D eigenvalue weighted by molar-refractivity contribution is 0.419. The van der Waals surface area contributed by atoms with E-state index >= 15 is 0 Å². The quantitative estimate of drug-likeness (QED) is 0.167. The molecule has 2 aromatic heterocycles. The number of hydrogen-bond acceptors (Lipinski definition) is 5. The monoisotopic (exact) mass is 683 g/mol. The fraction of sp³-hybridized carbons (Fsp3) is 0.146. The van der Waals surface area contributed by atoms with Gasteiger partial charge in [0.25, 0.3) is 0 Å². The molecule has 2 heterocycles. The van der Waals surface area contributed by atoms with E-state index in [1.807, 2.05) is 48.5 Å². The van der Waals surface area contributed by atoms with Crippen molar-refractivity contribution in [2.24, 2.45) is 5.92 Å². The summed E-state index contributed by atoms with van der Waals surface area (Å²) in [5.74, 6) is 3.52. The number of rotatable bonds is 7. The predicted octanol–water partition coefficient (Wildman–Crippen LogP) is 11.6. The fourth-order valence-corrected chi connectivity index (χ4v) is 8.53. The van der Waals surface area contributed by atoms with Crippen molar-refractivity contribution in [2.75, 3.05) is 0 Å². The topological polar surface area (TPSA) is 64.5 Å². The Bertz CT molecular complexity index is 2590. The molecule has 0 unspecified atom stereocenters. The van der Waals surface area contributed by atoms with Crippen LogP contribution in [0.2, 0.25) is 0 Å². The first-order valence-electron chi connectivity index (χ1n) is 18.6. The highest BCUT2D eigenvalue weighted by Crippen LogP contribution is 2.55. The Hall–Kier alpha value is -6.33. The minimum Gasteiger partial charge on any atom is -0.228 e. The molecule has 2 saturated carbocycles. The molecule has 2 aliphatic rings. The van der Waals surface area contributed by atoms with E-state index < -0.39 is 0 Å². The van der Waals surface area contributed by atoms with E-state index in [0.29, 0.717) is 22.9 Å². The summed E-state index contributed by atoms with van der Waals surface area (Å²) in [6, 6.07) is 54.8. The van der Waals surface area contributed by atoms with E-state index in [4.69, 9.17) is 24.9 Å². The summed E-state index contributed by atoms with van der Waals surface area (Å²) in [5, 5.41) is 2.33. The molecular formula is C48H37N5. The predicted molar refractivity (Wildman–Crippen MR) is 214 cm³/mol. The van der Waals surface area contributed by atoms with Gasteiger partial charge in [-0.2, -0.15) is 0 Å². The number of benzene rings is 6. The molecule has 2 aliphatic carbocycles. The maximum atomic E-state index is 5.15. The molecule has 8 aromatic rings. The smallest absolute Gasteiger partial charge is 0.164 e. The zero-order chi connectivity index (χ0) is 35.2. The third kappa shape index (κ3) is 5.98. The van der Waals surface area contributed by atoms with Gasteiger partial charge in [-0.25, -0.2) is 24.9 Å². The zero-order valence-corrected chi connectivity index (χ0v) is 29.4. The fourth-order valence-electron chi connectivity index (χ4n) is 8.53. The molecule has 0 N–H and O–H groups in total. The summed E-state index contributed by atoms with van der Waals surface area (Å²) in [7, 11) is 0. The van der Waals surface area contributed by atoms with Crippen LogP contribution >= 0.6 is 0 Å². The van der Waals surface area contributed by atoms with Crippen molar-refractivity contribution >= 4 is 10.8 Å². The highest BCUT2D eigenvalue weighted by Gasteiger charge is 2.45. The Labute approximate surface area is 309 Å². The largest absolute Gasteiger partial charge is 0.228 e. The van der Waals surface area contributed by atoms with Crippen LogP contribution in [0.4, 0.5) is 0 Å². The second kappa shape index (κ2) is 13.0. The van der Waals surface area contributed by atoms with Crippen LogP contribution in [0.25, 0.3) is 78.8 Å². The maximum Gasteiger partial charge on any atom is 0.164 e. The van der Waals surface area contributed by atoms with Crippen molar-refractivity contribution < 1.29 is 0 Å². The van der Waals surface area contributed by atoms with Gasteiger partial charge in [-0.15, -0.1) is 0 Å². The number of nitrogens with zero attached hydrogens (tertiary/aromatic N) is 5. The van der Waals surface area contributed by atoms with Gasteiger partial charge >= 0.3 is 0 Å². The summed E-state index contributed by atoms with van der Waals surface area (Å²) in [6.45, 7) is 0. The van der Waals surface area contributed by atoms with Gasteiger partial charge < -0.3 is 0 Å². The third-order valence-electron chi connectivity index (χ3n) is 11.4. The first kappa shape index (κ1) is 31.4. The molecule has 0 amide bonds. The van der Waals surface area contributed by atoms with Gasteiger partial charge in [0.1, 0.15) is 0 Å². The lowest BCUT2D eigenvalue weighted by atomic mass is 9.77. The number of fused-ring (bicyclic) bond motifs is 3. The Morgan fingerprint density at radius 2 is 0.887 bits per heavy atom. The lowest BCUT2D eigenvalue weighted by Gasteiger charge is -2.27. The van der Waals surface area contributed by atoms with Crippen LogP contribution in [0.1, 0.15) is 37.7 Å². The van der Waals surface area contributed by atoms with E-state index in [0.717, 1.165) is 61.9 Å². The third-order valence-corrected chi connectivity index (χ3v) is 11.4. The van der Waals surface area contributed by atoms with Crippen LogP contribution in [0.15, 0.2) is 158 Å². The maximum absolute atomic E-state index is 5.15.